The Bertz CT molecular complexity index is 612. The smallest absolute Gasteiger partial charge is 0.193 e. The van der Waals surface area contributed by atoms with Gasteiger partial charge in [0.15, 0.2) is 5.78 Å². The van der Waals surface area contributed by atoms with E-state index in [0.717, 1.165) is 11.8 Å². The van der Waals surface area contributed by atoms with Gasteiger partial charge in [0.1, 0.15) is 12.0 Å². The van der Waals surface area contributed by atoms with Crippen molar-refractivity contribution in [3.8, 4) is 5.75 Å². The zero-order chi connectivity index (χ0) is 13.8. The predicted octanol–water partition coefficient (Wildman–Crippen LogP) is 3.05. The first-order valence-electron chi connectivity index (χ1n) is 5.90. The number of aryl methyl sites for hydroxylation is 1. The van der Waals surface area contributed by atoms with Crippen molar-refractivity contribution >= 4 is 12.1 Å². The van der Waals surface area contributed by atoms with Gasteiger partial charge in [-0.05, 0) is 42.8 Å². The Kier molecular flexibility index (Phi) is 3.76. The first-order chi connectivity index (χ1) is 9.15. The lowest BCUT2D eigenvalue weighted by Gasteiger charge is -2.06. The highest BCUT2D eigenvalue weighted by Gasteiger charge is 2.12. The van der Waals surface area contributed by atoms with Crippen molar-refractivity contribution in [2.24, 2.45) is 0 Å². The second-order valence-corrected chi connectivity index (χ2v) is 4.25. The number of hydrogen-bond acceptors (Lipinski definition) is 3. The Hall–Kier alpha value is -2.42. The van der Waals surface area contributed by atoms with Crippen LogP contribution in [0.4, 0.5) is 0 Å². The van der Waals surface area contributed by atoms with E-state index in [1.807, 2.05) is 6.92 Å². The number of ether oxygens (including phenoxy) is 1. The van der Waals surface area contributed by atoms with Gasteiger partial charge in [-0.2, -0.15) is 0 Å². The lowest BCUT2D eigenvalue weighted by atomic mass is 9.97. The fourth-order valence-electron chi connectivity index (χ4n) is 1.86. The molecule has 0 aliphatic heterocycles. The molecule has 0 atom stereocenters. The van der Waals surface area contributed by atoms with Crippen LogP contribution in [-0.2, 0) is 0 Å². The number of rotatable bonds is 4. The summed E-state index contributed by atoms with van der Waals surface area (Å²) < 4.78 is 5.06. The minimum atomic E-state index is -0.0937. The molecule has 0 unspecified atom stereocenters. The van der Waals surface area contributed by atoms with Crippen molar-refractivity contribution in [2.45, 2.75) is 6.92 Å². The van der Waals surface area contributed by atoms with E-state index in [1.165, 1.54) is 0 Å². The van der Waals surface area contributed by atoms with Gasteiger partial charge in [0.25, 0.3) is 0 Å². The standard InChI is InChI=1S/C16H14O3/c1-11-3-4-12(10-17)9-15(11)16(18)13-5-7-14(19-2)8-6-13/h3-10H,1-2H3. The van der Waals surface area contributed by atoms with E-state index in [2.05, 4.69) is 0 Å². The van der Waals surface area contributed by atoms with E-state index < -0.39 is 0 Å². The minimum Gasteiger partial charge on any atom is -0.497 e. The average molecular weight is 254 g/mol. The molecule has 0 heterocycles. The van der Waals surface area contributed by atoms with Crippen LogP contribution in [0.2, 0.25) is 0 Å². The van der Waals surface area contributed by atoms with E-state index in [1.54, 1.807) is 49.6 Å². The molecule has 96 valence electrons. The topological polar surface area (TPSA) is 43.4 Å². The van der Waals surface area contributed by atoms with Crippen LogP contribution in [0, 0.1) is 6.92 Å². The molecule has 0 fully saturated rings. The van der Waals surface area contributed by atoms with E-state index >= 15 is 0 Å². The van der Waals surface area contributed by atoms with E-state index in [0.29, 0.717) is 22.4 Å². The Morgan fingerprint density at radius 3 is 2.37 bits per heavy atom. The molecule has 2 aromatic carbocycles. The van der Waals surface area contributed by atoms with Crippen LogP contribution in [0.15, 0.2) is 42.5 Å². The molecule has 0 aliphatic rings. The molecular weight excluding hydrogens is 240 g/mol. The van der Waals surface area contributed by atoms with Gasteiger partial charge in [0.2, 0.25) is 0 Å². The van der Waals surface area contributed by atoms with Gasteiger partial charge in [-0.1, -0.05) is 12.1 Å². The third kappa shape index (κ3) is 2.71. The Morgan fingerprint density at radius 1 is 1.11 bits per heavy atom. The maximum Gasteiger partial charge on any atom is 0.193 e. The van der Waals surface area contributed by atoms with E-state index in [-0.39, 0.29) is 5.78 Å². The summed E-state index contributed by atoms with van der Waals surface area (Å²) >= 11 is 0. The maximum atomic E-state index is 12.4. The lowest BCUT2D eigenvalue weighted by molar-refractivity contribution is 0.103. The second-order valence-electron chi connectivity index (χ2n) is 4.25. The first-order valence-corrected chi connectivity index (χ1v) is 5.90. The molecule has 3 heteroatoms. The summed E-state index contributed by atoms with van der Waals surface area (Å²) in [5, 5.41) is 0. The van der Waals surface area contributed by atoms with Crippen molar-refractivity contribution in [1.82, 2.24) is 0 Å². The highest BCUT2D eigenvalue weighted by atomic mass is 16.5. The van der Waals surface area contributed by atoms with Crippen molar-refractivity contribution < 1.29 is 14.3 Å². The number of ketones is 1. The number of carbonyl (C=O) groups excluding carboxylic acids is 2. The predicted molar refractivity (Wildman–Crippen MR) is 73.0 cm³/mol. The molecule has 2 rings (SSSR count). The highest BCUT2D eigenvalue weighted by molar-refractivity contribution is 6.10. The number of methoxy groups -OCH3 is 1. The molecule has 0 saturated carbocycles. The number of carbonyl (C=O) groups is 2. The van der Waals surface area contributed by atoms with Gasteiger partial charge in [0, 0.05) is 16.7 Å². The highest BCUT2D eigenvalue weighted by Crippen LogP contribution is 2.18. The molecule has 19 heavy (non-hydrogen) atoms. The number of aldehydes is 1. The second kappa shape index (κ2) is 5.48. The Balaban J connectivity index is 2.40. The summed E-state index contributed by atoms with van der Waals surface area (Å²) in [6, 6.07) is 12.0. The van der Waals surface area contributed by atoms with Crippen LogP contribution in [0.25, 0.3) is 0 Å². The summed E-state index contributed by atoms with van der Waals surface area (Å²) in [7, 11) is 1.58. The summed E-state index contributed by atoms with van der Waals surface area (Å²) in [6.45, 7) is 1.85. The fourth-order valence-corrected chi connectivity index (χ4v) is 1.86. The molecule has 2 aromatic rings. The molecule has 0 aliphatic carbocycles. The van der Waals surface area contributed by atoms with Crippen LogP contribution in [-0.4, -0.2) is 19.2 Å². The quantitative estimate of drug-likeness (QED) is 0.622. The summed E-state index contributed by atoms with van der Waals surface area (Å²) in [5.74, 6) is 0.610. The van der Waals surface area contributed by atoms with Gasteiger partial charge in [-0.15, -0.1) is 0 Å². The molecule has 0 saturated heterocycles. The summed E-state index contributed by atoms with van der Waals surface area (Å²) in [4.78, 5) is 23.2. The van der Waals surface area contributed by atoms with Crippen LogP contribution in [0.3, 0.4) is 0 Å². The molecule has 0 spiro atoms. The molecular formula is C16H14O3. The molecule has 0 amide bonds. The summed E-state index contributed by atoms with van der Waals surface area (Å²) in [5.41, 5.74) is 2.48. The molecule has 3 nitrogen and oxygen atoms in total. The van der Waals surface area contributed by atoms with E-state index in [9.17, 15) is 9.59 Å². The SMILES string of the molecule is COc1ccc(C(=O)c2cc(C=O)ccc2C)cc1. The Morgan fingerprint density at radius 2 is 1.79 bits per heavy atom. The minimum absolute atomic E-state index is 0.0937. The van der Waals surface area contributed by atoms with Gasteiger partial charge in [-0.3, -0.25) is 9.59 Å². The van der Waals surface area contributed by atoms with Crippen LogP contribution in [0.5, 0.6) is 5.75 Å². The lowest BCUT2D eigenvalue weighted by Crippen LogP contribution is -2.04. The van der Waals surface area contributed by atoms with Gasteiger partial charge >= 0.3 is 0 Å². The van der Waals surface area contributed by atoms with Crippen LogP contribution >= 0.6 is 0 Å². The van der Waals surface area contributed by atoms with Crippen molar-refractivity contribution in [1.29, 1.82) is 0 Å². The molecule has 0 aromatic heterocycles. The zero-order valence-corrected chi connectivity index (χ0v) is 10.8. The zero-order valence-electron chi connectivity index (χ0n) is 10.8. The molecule has 0 radical (unpaired) electrons. The molecule has 0 N–H and O–H groups in total. The fraction of sp³-hybridized carbons (Fsp3) is 0.125. The van der Waals surface area contributed by atoms with Crippen LogP contribution < -0.4 is 4.74 Å². The maximum absolute atomic E-state index is 12.4. The van der Waals surface area contributed by atoms with Gasteiger partial charge in [0.05, 0.1) is 7.11 Å². The normalized spacial score (nSPS) is 10.0. The van der Waals surface area contributed by atoms with Gasteiger partial charge in [-0.25, -0.2) is 0 Å². The average Bonchev–Trinajstić information content (AvgIpc) is 2.47. The largest absolute Gasteiger partial charge is 0.497 e. The molecule has 0 bridgehead atoms. The van der Waals surface area contributed by atoms with Crippen molar-refractivity contribution in [2.75, 3.05) is 7.11 Å². The Labute approximate surface area is 111 Å². The van der Waals surface area contributed by atoms with Crippen molar-refractivity contribution in [3.05, 3.63) is 64.7 Å². The third-order valence-electron chi connectivity index (χ3n) is 2.99. The first kappa shape index (κ1) is 13.0. The van der Waals surface area contributed by atoms with E-state index in [4.69, 9.17) is 4.74 Å². The monoisotopic (exact) mass is 254 g/mol. The summed E-state index contributed by atoms with van der Waals surface area (Å²) in [6.07, 6.45) is 0.740. The number of benzene rings is 2. The third-order valence-corrected chi connectivity index (χ3v) is 2.99. The van der Waals surface area contributed by atoms with Crippen molar-refractivity contribution in [3.63, 3.8) is 0 Å². The number of hydrogen-bond donors (Lipinski definition) is 0. The van der Waals surface area contributed by atoms with Gasteiger partial charge < -0.3 is 4.74 Å². The van der Waals surface area contributed by atoms with Crippen LogP contribution in [0.1, 0.15) is 31.8 Å².